The van der Waals surface area contributed by atoms with E-state index >= 15 is 0 Å². The van der Waals surface area contributed by atoms with E-state index in [1.807, 2.05) is 30.3 Å². The van der Waals surface area contributed by atoms with E-state index in [9.17, 15) is 4.79 Å². The number of hydrogen-bond acceptors (Lipinski definition) is 4. The van der Waals surface area contributed by atoms with Crippen molar-refractivity contribution in [2.24, 2.45) is 0 Å². The fourth-order valence-electron chi connectivity index (χ4n) is 2.01. The van der Waals surface area contributed by atoms with Gasteiger partial charge in [0.15, 0.2) is 11.5 Å². The molecule has 1 heterocycles. The molecule has 5 heteroatoms. The van der Waals surface area contributed by atoms with Crippen molar-refractivity contribution in [2.75, 3.05) is 11.9 Å². The van der Waals surface area contributed by atoms with E-state index < -0.39 is 0 Å². The maximum atomic E-state index is 11.8. The van der Waals surface area contributed by atoms with Crippen LogP contribution in [0, 0.1) is 0 Å². The molecule has 0 aromatic heterocycles. The average Bonchev–Trinajstić information content (AvgIpc) is 2.56. The molecule has 112 valence electrons. The number of amides is 1. The number of ether oxygens (including phenoxy) is 3. The zero-order chi connectivity index (χ0) is 15.2. The maximum absolute atomic E-state index is 11.8. The topological polar surface area (TPSA) is 56.8 Å². The van der Waals surface area contributed by atoms with E-state index in [0.29, 0.717) is 23.8 Å². The summed E-state index contributed by atoms with van der Waals surface area (Å²) in [6.07, 6.45) is 2.90. The molecule has 2 aromatic rings. The lowest BCUT2D eigenvalue weighted by Crippen LogP contribution is -2.18. The van der Waals surface area contributed by atoms with E-state index in [1.165, 1.54) is 12.5 Å². The van der Waals surface area contributed by atoms with Crippen molar-refractivity contribution >= 4 is 11.6 Å². The van der Waals surface area contributed by atoms with Gasteiger partial charge in [-0.1, -0.05) is 30.3 Å². The third kappa shape index (κ3) is 3.65. The highest BCUT2D eigenvalue weighted by atomic mass is 16.5. The first-order valence-corrected chi connectivity index (χ1v) is 6.85. The predicted molar refractivity (Wildman–Crippen MR) is 81.6 cm³/mol. The predicted octanol–water partition coefficient (Wildman–Crippen LogP) is 3.08. The molecule has 1 aliphatic rings. The zero-order valence-electron chi connectivity index (χ0n) is 11.8. The molecule has 0 bridgehead atoms. The number of rotatable bonds is 5. The molecule has 1 N–H and O–H groups in total. The van der Waals surface area contributed by atoms with Crippen molar-refractivity contribution in [3.05, 3.63) is 66.6 Å². The molecule has 0 saturated heterocycles. The molecule has 22 heavy (non-hydrogen) atoms. The highest BCUT2D eigenvalue weighted by Gasteiger charge is 2.10. The quantitative estimate of drug-likeness (QED) is 0.921. The highest BCUT2D eigenvalue weighted by Crippen LogP contribution is 2.32. The lowest BCUT2D eigenvalue weighted by atomic mass is 10.2. The third-order valence-corrected chi connectivity index (χ3v) is 3.02. The molecule has 0 spiro atoms. The first-order valence-electron chi connectivity index (χ1n) is 6.85. The smallest absolute Gasteiger partial charge is 0.250 e. The number of nitrogens with one attached hydrogen (secondary N) is 1. The Balaban J connectivity index is 1.50. The molecular weight excluding hydrogens is 282 g/mol. The van der Waals surface area contributed by atoms with Gasteiger partial charge in [0, 0.05) is 11.8 Å². The van der Waals surface area contributed by atoms with Crippen LogP contribution in [-0.2, 0) is 16.1 Å². The van der Waals surface area contributed by atoms with Crippen LogP contribution in [0.2, 0.25) is 0 Å². The SMILES string of the molecule is O=C(COCc1ccccc1)Nc1ccc2c(c1)OC=CO2. The number of anilines is 1. The number of carbonyl (C=O) groups excluding carboxylic acids is 1. The van der Waals surface area contributed by atoms with Crippen LogP contribution >= 0.6 is 0 Å². The van der Waals surface area contributed by atoms with Crippen molar-refractivity contribution in [3.63, 3.8) is 0 Å². The lowest BCUT2D eigenvalue weighted by Gasteiger charge is -2.13. The minimum Gasteiger partial charge on any atom is -0.458 e. The summed E-state index contributed by atoms with van der Waals surface area (Å²) in [4.78, 5) is 11.8. The molecule has 0 saturated carbocycles. The van der Waals surface area contributed by atoms with E-state index in [2.05, 4.69) is 5.32 Å². The van der Waals surface area contributed by atoms with Gasteiger partial charge in [-0.05, 0) is 17.7 Å². The van der Waals surface area contributed by atoms with Crippen LogP contribution in [0.5, 0.6) is 11.5 Å². The van der Waals surface area contributed by atoms with Gasteiger partial charge in [0.2, 0.25) is 5.91 Å². The van der Waals surface area contributed by atoms with Crippen molar-refractivity contribution < 1.29 is 19.0 Å². The van der Waals surface area contributed by atoms with Gasteiger partial charge >= 0.3 is 0 Å². The Hall–Kier alpha value is -2.79. The minimum absolute atomic E-state index is 0.0107. The molecule has 0 unspecified atom stereocenters. The van der Waals surface area contributed by atoms with E-state index in [1.54, 1.807) is 18.2 Å². The number of benzene rings is 2. The summed E-state index contributed by atoms with van der Waals surface area (Å²) in [5.41, 5.74) is 1.66. The second-order valence-electron chi connectivity index (χ2n) is 4.70. The van der Waals surface area contributed by atoms with Crippen molar-refractivity contribution in [1.29, 1.82) is 0 Å². The molecule has 0 radical (unpaired) electrons. The molecule has 0 fully saturated rings. The van der Waals surface area contributed by atoms with Crippen molar-refractivity contribution in [1.82, 2.24) is 0 Å². The summed E-state index contributed by atoms with van der Waals surface area (Å²) in [5.74, 6) is 0.953. The Morgan fingerprint density at radius 2 is 1.77 bits per heavy atom. The van der Waals surface area contributed by atoms with Crippen LogP contribution in [0.3, 0.4) is 0 Å². The molecule has 1 amide bonds. The van der Waals surface area contributed by atoms with Crippen LogP contribution in [0.15, 0.2) is 61.1 Å². The first-order chi connectivity index (χ1) is 10.8. The Morgan fingerprint density at radius 1 is 1.00 bits per heavy atom. The van der Waals surface area contributed by atoms with Crippen LogP contribution in [0.1, 0.15) is 5.56 Å². The normalized spacial score (nSPS) is 12.0. The van der Waals surface area contributed by atoms with Gasteiger partial charge in [0.25, 0.3) is 0 Å². The Kier molecular flexibility index (Phi) is 4.36. The summed E-state index contributed by atoms with van der Waals surface area (Å²) in [6, 6.07) is 14.9. The number of hydrogen-bond donors (Lipinski definition) is 1. The molecule has 0 atom stereocenters. The average molecular weight is 297 g/mol. The Morgan fingerprint density at radius 3 is 2.59 bits per heavy atom. The van der Waals surface area contributed by atoms with Crippen LogP contribution in [-0.4, -0.2) is 12.5 Å². The van der Waals surface area contributed by atoms with Gasteiger partial charge in [-0.2, -0.15) is 0 Å². The molecule has 0 aliphatic carbocycles. The largest absolute Gasteiger partial charge is 0.458 e. The summed E-state index contributed by atoms with van der Waals surface area (Å²) in [7, 11) is 0. The molecule has 1 aliphatic heterocycles. The Labute approximate surface area is 128 Å². The van der Waals surface area contributed by atoms with Crippen LogP contribution in [0.25, 0.3) is 0 Å². The minimum atomic E-state index is -0.219. The van der Waals surface area contributed by atoms with E-state index in [0.717, 1.165) is 5.56 Å². The van der Waals surface area contributed by atoms with Crippen LogP contribution < -0.4 is 14.8 Å². The van der Waals surface area contributed by atoms with E-state index in [-0.39, 0.29) is 12.5 Å². The molecule has 5 nitrogen and oxygen atoms in total. The molecular formula is C17H15NO4. The fourth-order valence-corrected chi connectivity index (χ4v) is 2.01. The Bertz CT molecular complexity index is 682. The number of carbonyl (C=O) groups is 1. The fraction of sp³-hybridized carbons (Fsp3) is 0.118. The van der Waals surface area contributed by atoms with Gasteiger partial charge in [-0.25, -0.2) is 0 Å². The second kappa shape index (κ2) is 6.78. The lowest BCUT2D eigenvalue weighted by molar-refractivity contribution is -0.121. The highest BCUT2D eigenvalue weighted by molar-refractivity contribution is 5.92. The third-order valence-electron chi connectivity index (χ3n) is 3.02. The van der Waals surface area contributed by atoms with Gasteiger partial charge in [0.1, 0.15) is 19.1 Å². The van der Waals surface area contributed by atoms with Crippen LogP contribution in [0.4, 0.5) is 5.69 Å². The van der Waals surface area contributed by atoms with Crippen molar-refractivity contribution in [2.45, 2.75) is 6.61 Å². The van der Waals surface area contributed by atoms with Gasteiger partial charge in [0.05, 0.1) is 6.61 Å². The maximum Gasteiger partial charge on any atom is 0.250 e. The standard InChI is InChI=1S/C17H15NO4/c19-17(12-20-11-13-4-2-1-3-5-13)18-14-6-7-15-16(10-14)22-9-8-21-15/h1-10H,11-12H2,(H,18,19). The first kappa shape index (κ1) is 14.2. The summed E-state index contributed by atoms with van der Waals surface area (Å²) >= 11 is 0. The van der Waals surface area contributed by atoms with E-state index in [4.69, 9.17) is 14.2 Å². The molecule has 2 aromatic carbocycles. The summed E-state index contributed by atoms with van der Waals surface area (Å²) in [5, 5.41) is 2.75. The summed E-state index contributed by atoms with van der Waals surface area (Å²) in [6.45, 7) is 0.392. The van der Waals surface area contributed by atoms with Crippen molar-refractivity contribution in [3.8, 4) is 11.5 Å². The zero-order valence-corrected chi connectivity index (χ0v) is 11.8. The van der Waals surface area contributed by atoms with Gasteiger partial charge in [-0.15, -0.1) is 0 Å². The number of fused-ring (bicyclic) bond motifs is 1. The second-order valence-corrected chi connectivity index (χ2v) is 4.70. The monoisotopic (exact) mass is 297 g/mol. The molecule has 3 rings (SSSR count). The van der Waals surface area contributed by atoms with Gasteiger partial charge in [-0.3, -0.25) is 4.79 Å². The van der Waals surface area contributed by atoms with Gasteiger partial charge < -0.3 is 19.5 Å². The summed E-state index contributed by atoms with van der Waals surface area (Å²) < 4.78 is 15.9.